The molecule has 0 fully saturated rings. The number of fused-ring (bicyclic) bond motifs is 1. The van der Waals surface area contributed by atoms with E-state index in [-0.39, 0.29) is 11.8 Å². The fraction of sp³-hybridized carbons (Fsp3) is 0.222. The molecule has 1 N–H and O–H groups in total. The predicted molar refractivity (Wildman–Crippen MR) is 94.1 cm³/mol. The molecule has 1 aliphatic heterocycles. The van der Waals surface area contributed by atoms with E-state index in [1.54, 1.807) is 18.5 Å². The highest BCUT2D eigenvalue weighted by molar-refractivity contribution is 7.13. The van der Waals surface area contributed by atoms with Crippen molar-refractivity contribution in [1.29, 1.82) is 0 Å². The summed E-state index contributed by atoms with van der Waals surface area (Å²) in [5.74, 6) is 1.28. The molecule has 0 saturated heterocycles. The first-order valence-electron chi connectivity index (χ1n) is 8.00. The Balaban J connectivity index is 1.36. The van der Waals surface area contributed by atoms with Gasteiger partial charge in [-0.15, -0.1) is 11.3 Å². The second-order valence-corrected chi connectivity index (χ2v) is 6.61. The summed E-state index contributed by atoms with van der Waals surface area (Å²) in [4.78, 5) is 25.3. The average molecular weight is 352 g/mol. The van der Waals surface area contributed by atoms with Gasteiger partial charge in [-0.1, -0.05) is 18.2 Å². The number of rotatable bonds is 4. The van der Waals surface area contributed by atoms with Crippen LogP contribution in [0.1, 0.15) is 11.3 Å². The number of benzene rings is 1. The molecular formula is C18H16N4O2S. The van der Waals surface area contributed by atoms with Gasteiger partial charge in [0.05, 0.1) is 18.2 Å². The molecule has 0 aliphatic carbocycles. The number of aromatic nitrogens is 3. The maximum Gasteiger partial charge on any atom is 0.227 e. The van der Waals surface area contributed by atoms with Crippen LogP contribution in [0.2, 0.25) is 0 Å². The van der Waals surface area contributed by atoms with Gasteiger partial charge in [-0.3, -0.25) is 4.79 Å². The lowest BCUT2D eigenvalue weighted by Gasteiger charge is -2.24. The van der Waals surface area contributed by atoms with Crippen LogP contribution >= 0.6 is 11.3 Å². The van der Waals surface area contributed by atoms with Gasteiger partial charge < -0.3 is 10.1 Å². The number of carbonyl (C=O) groups excluding carboxylic acids is 1. The summed E-state index contributed by atoms with van der Waals surface area (Å²) < 4.78 is 5.68. The number of para-hydroxylation sites is 1. The minimum absolute atomic E-state index is 0.0139. The molecule has 3 aromatic rings. The minimum Gasteiger partial charge on any atom is -0.492 e. The minimum atomic E-state index is -0.175. The predicted octanol–water partition coefficient (Wildman–Crippen LogP) is 2.47. The van der Waals surface area contributed by atoms with E-state index < -0.39 is 0 Å². The Morgan fingerprint density at radius 2 is 2.08 bits per heavy atom. The third-order valence-electron chi connectivity index (χ3n) is 4.00. The van der Waals surface area contributed by atoms with E-state index in [0.717, 1.165) is 22.0 Å². The zero-order chi connectivity index (χ0) is 17.1. The van der Waals surface area contributed by atoms with Crippen LogP contribution in [0.15, 0.2) is 48.1 Å². The first-order chi connectivity index (χ1) is 12.3. The summed E-state index contributed by atoms with van der Waals surface area (Å²) in [5, 5.41) is 5.61. The van der Waals surface area contributed by atoms with Gasteiger partial charge in [-0.25, -0.2) is 15.0 Å². The van der Waals surface area contributed by atoms with Crippen molar-refractivity contribution >= 4 is 17.2 Å². The number of carbonyl (C=O) groups is 1. The molecule has 1 amide bonds. The van der Waals surface area contributed by atoms with Crippen molar-refractivity contribution in [2.24, 2.45) is 5.92 Å². The van der Waals surface area contributed by atoms with Crippen LogP contribution in [0.25, 0.3) is 10.8 Å². The van der Waals surface area contributed by atoms with Crippen molar-refractivity contribution in [3.63, 3.8) is 0 Å². The van der Waals surface area contributed by atoms with Crippen molar-refractivity contribution in [3.05, 3.63) is 59.4 Å². The molecule has 0 spiro atoms. The Morgan fingerprint density at radius 1 is 1.24 bits per heavy atom. The Kier molecular flexibility index (Phi) is 4.39. The second-order valence-electron chi connectivity index (χ2n) is 5.75. The van der Waals surface area contributed by atoms with Crippen molar-refractivity contribution < 1.29 is 9.53 Å². The van der Waals surface area contributed by atoms with E-state index in [1.807, 2.05) is 29.6 Å². The van der Waals surface area contributed by atoms with Crippen LogP contribution in [0, 0.1) is 5.92 Å². The number of nitrogens with one attached hydrogen (secondary N) is 1. The Labute approximate surface area is 148 Å². The fourth-order valence-corrected chi connectivity index (χ4v) is 3.48. The molecule has 0 unspecified atom stereocenters. The average Bonchev–Trinajstić information content (AvgIpc) is 3.15. The Morgan fingerprint density at radius 3 is 2.96 bits per heavy atom. The lowest BCUT2D eigenvalue weighted by atomic mass is 9.96. The monoisotopic (exact) mass is 352 g/mol. The van der Waals surface area contributed by atoms with Crippen LogP contribution in [-0.2, 0) is 17.8 Å². The molecule has 2 aromatic heterocycles. The van der Waals surface area contributed by atoms with Crippen molar-refractivity contribution in [2.75, 3.05) is 6.61 Å². The molecule has 7 heteroatoms. The Bertz CT molecular complexity index is 882. The largest absolute Gasteiger partial charge is 0.492 e. The molecule has 1 aliphatic rings. The first-order valence-corrected chi connectivity index (χ1v) is 8.88. The van der Waals surface area contributed by atoms with Crippen LogP contribution in [0.4, 0.5) is 0 Å². The van der Waals surface area contributed by atoms with Gasteiger partial charge in [0.25, 0.3) is 0 Å². The number of ether oxygens (including phenoxy) is 1. The van der Waals surface area contributed by atoms with E-state index in [0.29, 0.717) is 25.4 Å². The topological polar surface area (TPSA) is 77.0 Å². The maximum atomic E-state index is 12.4. The number of hydrogen-bond acceptors (Lipinski definition) is 6. The maximum absolute atomic E-state index is 12.4. The van der Waals surface area contributed by atoms with E-state index in [2.05, 4.69) is 20.3 Å². The molecule has 0 saturated carbocycles. The van der Waals surface area contributed by atoms with Gasteiger partial charge in [-0.05, 0) is 24.1 Å². The normalized spacial score (nSPS) is 15.9. The number of thiazole rings is 1. The van der Waals surface area contributed by atoms with Crippen molar-refractivity contribution in [3.8, 4) is 16.6 Å². The second kappa shape index (κ2) is 6.98. The van der Waals surface area contributed by atoms with Crippen LogP contribution in [-0.4, -0.2) is 27.5 Å². The highest BCUT2D eigenvalue weighted by Gasteiger charge is 2.25. The van der Waals surface area contributed by atoms with Crippen LogP contribution in [0.5, 0.6) is 5.75 Å². The van der Waals surface area contributed by atoms with E-state index in [4.69, 9.17) is 4.74 Å². The molecule has 1 atom stereocenters. The lowest BCUT2D eigenvalue weighted by molar-refractivity contribution is -0.126. The van der Waals surface area contributed by atoms with Gasteiger partial charge in [-0.2, -0.15) is 0 Å². The molecular weight excluding hydrogens is 336 g/mol. The van der Waals surface area contributed by atoms with Gasteiger partial charge in [0.15, 0.2) is 10.8 Å². The van der Waals surface area contributed by atoms with Crippen molar-refractivity contribution in [1.82, 2.24) is 20.3 Å². The van der Waals surface area contributed by atoms with Crippen LogP contribution < -0.4 is 10.1 Å². The quantitative estimate of drug-likeness (QED) is 0.780. The van der Waals surface area contributed by atoms with E-state index in [1.165, 1.54) is 11.3 Å². The van der Waals surface area contributed by atoms with Gasteiger partial charge >= 0.3 is 0 Å². The van der Waals surface area contributed by atoms with Crippen LogP contribution in [0.3, 0.4) is 0 Å². The lowest BCUT2D eigenvalue weighted by Crippen LogP contribution is -2.37. The summed E-state index contributed by atoms with van der Waals surface area (Å²) in [6, 6.07) is 9.61. The first kappa shape index (κ1) is 15.7. The number of amides is 1. The van der Waals surface area contributed by atoms with Gasteiger partial charge in [0.2, 0.25) is 5.91 Å². The third-order valence-corrected chi connectivity index (χ3v) is 4.89. The molecule has 25 heavy (non-hydrogen) atoms. The Hall–Kier alpha value is -2.80. The molecule has 3 heterocycles. The molecule has 4 rings (SSSR count). The van der Waals surface area contributed by atoms with Gasteiger partial charge in [0.1, 0.15) is 12.4 Å². The SMILES string of the molecule is O=C(NCc1csc(-c2ncccn2)n1)[C@@H]1COc2ccccc2C1. The fourth-order valence-electron chi connectivity index (χ4n) is 2.72. The zero-order valence-electron chi connectivity index (χ0n) is 13.4. The van der Waals surface area contributed by atoms with Gasteiger partial charge in [0, 0.05) is 17.8 Å². The molecule has 126 valence electrons. The molecule has 0 bridgehead atoms. The summed E-state index contributed by atoms with van der Waals surface area (Å²) in [6.45, 7) is 0.795. The smallest absolute Gasteiger partial charge is 0.227 e. The highest BCUT2D eigenvalue weighted by Crippen LogP contribution is 2.27. The standard InChI is InChI=1S/C18H16N4O2S/c23-17(13-8-12-4-1-2-5-15(12)24-10-13)21-9-14-11-25-18(22-14)16-19-6-3-7-20-16/h1-7,11,13H,8-10H2,(H,21,23)/t13-/m0/s1. The highest BCUT2D eigenvalue weighted by atomic mass is 32.1. The summed E-state index contributed by atoms with van der Waals surface area (Å²) in [5.41, 5.74) is 1.88. The number of hydrogen-bond donors (Lipinski definition) is 1. The van der Waals surface area contributed by atoms with E-state index in [9.17, 15) is 4.79 Å². The summed E-state index contributed by atoms with van der Waals surface area (Å²) >= 11 is 1.47. The molecule has 1 aromatic carbocycles. The molecule has 0 radical (unpaired) electrons. The molecule has 6 nitrogen and oxygen atoms in total. The zero-order valence-corrected chi connectivity index (χ0v) is 14.2. The third kappa shape index (κ3) is 3.51. The summed E-state index contributed by atoms with van der Waals surface area (Å²) in [6.07, 6.45) is 4.07. The summed E-state index contributed by atoms with van der Waals surface area (Å²) in [7, 11) is 0. The van der Waals surface area contributed by atoms with E-state index >= 15 is 0 Å². The number of nitrogens with zero attached hydrogens (tertiary/aromatic N) is 3. The van der Waals surface area contributed by atoms with Crippen molar-refractivity contribution in [2.45, 2.75) is 13.0 Å².